The SMILES string of the molecule is COc1ccc(S(=O)(=O)N2CCC[C@H](C(=O)Nc3ccc(Cl)cc3)C2)cc1C. The first-order chi connectivity index (χ1) is 13.3. The van der Waals surface area contributed by atoms with Gasteiger partial charge in [-0.15, -0.1) is 0 Å². The maximum absolute atomic E-state index is 13.0. The molecule has 0 bridgehead atoms. The molecule has 3 rings (SSSR count). The molecule has 1 fully saturated rings. The molecule has 0 aromatic heterocycles. The number of sulfonamides is 1. The topological polar surface area (TPSA) is 75.7 Å². The van der Waals surface area contributed by atoms with Gasteiger partial charge in [-0.2, -0.15) is 4.31 Å². The van der Waals surface area contributed by atoms with Crippen LogP contribution in [-0.4, -0.2) is 38.8 Å². The Morgan fingerprint density at radius 2 is 1.93 bits per heavy atom. The molecule has 2 aromatic rings. The Kier molecular flexibility index (Phi) is 6.27. The van der Waals surface area contributed by atoms with E-state index in [0.29, 0.717) is 35.8 Å². The molecule has 1 saturated heterocycles. The molecular formula is C20H23ClN2O4S. The summed E-state index contributed by atoms with van der Waals surface area (Å²) in [7, 11) is -2.13. The highest BCUT2D eigenvalue weighted by atomic mass is 35.5. The van der Waals surface area contributed by atoms with Gasteiger partial charge >= 0.3 is 0 Å². The van der Waals surface area contributed by atoms with Crippen LogP contribution in [0.5, 0.6) is 5.75 Å². The van der Waals surface area contributed by atoms with Crippen LogP contribution in [0.15, 0.2) is 47.4 Å². The Morgan fingerprint density at radius 3 is 2.57 bits per heavy atom. The number of carbonyl (C=O) groups excluding carboxylic acids is 1. The van der Waals surface area contributed by atoms with Crippen LogP contribution in [0.2, 0.25) is 5.02 Å². The molecule has 6 nitrogen and oxygen atoms in total. The highest BCUT2D eigenvalue weighted by Gasteiger charge is 2.33. The number of hydrogen-bond acceptors (Lipinski definition) is 4. The van der Waals surface area contributed by atoms with Gasteiger partial charge in [0.15, 0.2) is 0 Å². The van der Waals surface area contributed by atoms with Gasteiger partial charge in [-0.05, 0) is 67.8 Å². The average Bonchev–Trinajstić information content (AvgIpc) is 2.69. The molecule has 8 heteroatoms. The third kappa shape index (κ3) is 4.48. The molecule has 1 amide bonds. The molecule has 1 aliphatic rings. The number of aryl methyl sites for hydroxylation is 1. The maximum atomic E-state index is 13.0. The van der Waals surface area contributed by atoms with Crippen molar-refractivity contribution in [3.05, 3.63) is 53.1 Å². The van der Waals surface area contributed by atoms with E-state index in [-0.39, 0.29) is 17.3 Å². The van der Waals surface area contributed by atoms with Gasteiger partial charge in [0.2, 0.25) is 15.9 Å². The first kappa shape index (κ1) is 20.6. The second-order valence-corrected chi connectivity index (χ2v) is 9.20. The van der Waals surface area contributed by atoms with Crippen LogP contribution in [0.1, 0.15) is 18.4 Å². The van der Waals surface area contributed by atoms with Gasteiger partial charge in [0, 0.05) is 23.8 Å². The number of piperidine rings is 1. The van der Waals surface area contributed by atoms with Crippen molar-refractivity contribution in [2.75, 3.05) is 25.5 Å². The summed E-state index contributed by atoms with van der Waals surface area (Å²) in [4.78, 5) is 12.8. The summed E-state index contributed by atoms with van der Waals surface area (Å²) in [6, 6.07) is 11.6. The molecule has 0 spiro atoms. The van der Waals surface area contributed by atoms with Crippen LogP contribution in [0.3, 0.4) is 0 Å². The van der Waals surface area contributed by atoms with Crippen LogP contribution in [0.4, 0.5) is 5.69 Å². The molecule has 1 atom stereocenters. The van der Waals surface area contributed by atoms with Crippen LogP contribution < -0.4 is 10.1 Å². The van der Waals surface area contributed by atoms with Crippen LogP contribution in [-0.2, 0) is 14.8 Å². The van der Waals surface area contributed by atoms with Gasteiger partial charge in [-0.25, -0.2) is 8.42 Å². The van der Waals surface area contributed by atoms with Crippen molar-refractivity contribution in [3.8, 4) is 5.75 Å². The number of carbonyl (C=O) groups is 1. The molecular weight excluding hydrogens is 400 g/mol. The number of hydrogen-bond donors (Lipinski definition) is 1. The molecule has 0 aliphatic carbocycles. The van der Waals surface area contributed by atoms with Crippen LogP contribution in [0.25, 0.3) is 0 Å². The summed E-state index contributed by atoms with van der Waals surface area (Å²) in [6.07, 6.45) is 1.28. The standard InChI is InChI=1S/C20H23ClN2O4S/c1-14-12-18(9-10-19(14)27-2)28(25,26)23-11-3-4-15(13-23)20(24)22-17-7-5-16(21)6-8-17/h5-10,12,15H,3-4,11,13H2,1-2H3,(H,22,24)/t15-/m0/s1. The number of nitrogens with zero attached hydrogens (tertiary/aromatic N) is 1. The quantitative estimate of drug-likeness (QED) is 0.797. The van der Waals surface area contributed by atoms with Gasteiger partial charge in [0.25, 0.3) is 0 Å². The lowest BCUT2D eigenvalue weighted by Crippen LogP contribution is -2.43. The number of rotatable bonds is 5. The summed E-state index contributed by atoms with van der Waals surface area (Å²) in [6.45, 7) is 2.36. The maximum Gasteiger partial charge on any atom is 0.243 e. The van der Waals surface area contributed by atoms with Gasteiger partial charge in [-0.3, -0.25) is 4.79 Å². The van der Waals surface area contributed by atoms with Crippen LogP contribution in [0, 0.1) is 12.8 Å². The molecule has 1 N–H and O–H groups in total. The summed E-state index contributed by atoms with van der Waals surface area (Å²) in [5.41, 5.74) is 1.39. The van der Waals surface area contributed by atoms with Crippen molar-refractivity contribution in [3.63, 3.8) is 0 Å². The number of methoxy groups -OCH3 is 1. The minimum Gasteiger partial charge on any atom is -0.496 e. The predicted octanol–water partition coefficient (Wildman–Crippen LogP) is 3.70. The second kappa shape index (κ2) is 8.51. The Bertz CT molecular complexity index is 961. The molecule has 2 aromatic carbocycles. The number of benzene rings is 2. The molecule has 0 unspecified atom stereocenters. The Labute approximate surface area is 170 Å². The lowest BCUT2D eigenvalue weighted by molar-refractivity contribution is -0.120. The Hall–Kier alpha value is -2.09. The van der Waals surface area contributed by atoms with E-state index in [1.54, 1.807) is 56.5 Å². The first-order valence-corrected chi connectivity index (χ1v) is 10.8. The molecule has 150 valence electrons. The summed E-state index contributed by atoms with van der Waals surface area (Å²) >= 11 is 5.86. The van der Waals surface area contributed by atoms with E-state index in [1.165, 1.54) is 4.31 Å². The number of ether oxygens (including phenoxy) is 1. The predicted molar refractivity (Wildman–Crippen MR) is 109 cm³/mol. The number of anilines is 1. The number of halogens is 1. The lowest BCUT2D eigenvalue weighted by atomic mass is 9.99. The van der Waals surface area contributed by atoms with Gasteiger partial charge in [-0.1, -0.05) is 11.6 Å². The molecule has 0 radical (unpaired) electrons. The zero-order valence-electron chi connectivity index (χ0n) is 15.8. The summed E-state index contributed by atoms with van der Waals surface area (Å²) in [5, 5.41) is 3.43. The first-order valence-electron chi connectivity index (χ1n) is 9.02. The Balaban J connectivity index is 1.73. The monoisotopic (exact) mass is 422 g/mol. The van der Waals surface area contributed by atoms with Crippen molar-refractivity contribution >= 4 is 33.2 Å². The fourth-order valence-electron chi connectivity index (χ4n) is 3.31. The van der Waals surface area contributed by atoms with Crippen molar-refractivity contribution < 1.29 is 17.9 Å². The fourth-order valence-corrected chi connectivity index (χ4v) is 5.05. The normalized spacial score (nSPS) is 17.9. The molecule has 1 aliphatic heterocycles. The second-order valence-electron chi connectivity index (χ2n) is 6.83. The number of amides is 1. The minimum absolute atomic E-state index is 0.160. The van der Waals surface area contributed by atoms with E-state index in [2.05, 4.69) is 5.32 Å². The lowest BCUT2D eigenvalue weighted by Gasteiger charge is -2.31. The van der Waals surface area contributed by atoms with Crippen molar-refractivity contribution in [2.45, 2.75) is 24.7 Å². The van der Waals surface area contributed by atoms with E-state index in [9.17, 15) is 13.2 Å². The smallest absolute Gasteiger partial charge is 0.243 e. The molecule has 1 heterocycles. The van der Waals surface area contributed by atoms with Gasteiger partial charge in [0.05, 0.1) is 17.9 Å². The largest absolute Gasteiger partial charge is 0.496 e. The summed E-state index contributed by atoms with van der Waals surface area (Å²) < 4.78 is 32.7. The summed E-state index contributed by atoms with van der Waals surface area (Å²) in [5.74, 6) is 0.0458. The zero-order valence-corrected chi connectivity index (χ0v) is 17.4. The van der Waals surface area contributed by atoms with E-state index >= 15 is 0 Å². The van der Waals surface area contributed by atoms with Crippen molar-refractivity contribution in [1.29, 1.82) is 0 Å². The molecule has 0 saturated carbocycles. The highest BCUT2D eigenvalue weighted by Crippen LogP contribution is 2.28. The third-order valence-corrected chi connectivity index (χ3v) is 6.98. The minimum atomic E-state index is -3.67. The van der Waals surface area contributed by atoms with Crippen molar-refractivity contribution in [1.82, 2.24) is 4.31 Å². The van der Waals surface area contributed by atoms with E-state index in [4.69, 9.17) is 16.3 Å². The van der Waals surface area contributed by atoms with E-state index in [0.717, 1.165) is 5.56 Å². The van der Waals surface area contributed by atoms with Crippen LogP contribution >= 0.6 is 11.6 Å². The van der Waals surface area contributed by atoms with Crippen molar-refractivity contribution in [2.24, 2.45) is 5.92 Å². The average molecular weight is 423 g/mol. The zero-order chi connectivity index (χ0) is 20.3. The fraction of sp³-hybridized carbons (Fsp3) is 0.350. The molecule has 28 heavy (non-hydrogen) atoms. The van der Waals surface area contributed by atoms with Gasteiger partial charge < -0.3 is 10.1 Å². The van der Waals surface area contributed by atoms with E-state index < -0.39 is 15.9 Å². The van der Waals surface area contributed by atoms with E-state index in [1.807, 2.05) is 0 Å². The third-order valence-electron chi connectivity index (χ3n) is 4.87. The number of nitrogens with one attached hydrogen (secondary N) is 1. The Morgan fingerprint density at radius 1 is 1.21 bits per heavy atom. The van der Waals surface area contributed by atoms with Gasteiger partial charge in [0.1, 0.15) is 5.75 Å². The highest BCUT2D eigenvalue weighted by molar-refractivity contribution is 7.89.